The van der Waals surface area contributed by atoms with E-state index >= 15 is 0 Å². The first-order valence-electron chi connectivity index (χ1n) is 3.44. The lowest BCUT2D eigenvalue weighted by Gasteiger charge is -2.24. The van der Waals surface area contributed by atoms with Crippen molar-refractivity contribution in [1.82, 2.24) is 0 Å². The summed E-state index contributed by atoms with van der Waals surface area (Å²) >= 11 is 0. The minimum Gasteiger partial charge on any atom is -0.477 e. The van der Waals surface area contributed by atoms with E-state index < -0.39 is 22.8 Å². The molecule has 3 atom stereocenters. The number of likely N-dealkylation sites (tertiary alicyclic amines) is 1. The van der Waals surface area contributed by atoms with E-state index in [0.717, 1.165) is 0 Å². The molecular weight excluding hydrogens is 150 g/mol. The van der Waals surface area contributed by atoms with Gasteiger partial charge in [0.2, 0.25) is 6.04 Å². The Morgan fingerprint density at radius 1 is 1.64 bits per heavy atom. The van der Waals surface area contributed by atoms with Crippen molar-refractivity contribution in [2.24, 2.45) is 0 Å². The minimum absolute atomic E-state index is 0.290. The number of aliphatic hydroxyl groups excluding tert-OH is 1. The van der Waals surface area contributed by atoms with Crippen LogP contribution < -0.4 is 0 Å². The van der Waals surface area contributed by atoms with Crippen molar-refractivity contribution < 1.29 is 24.9 Å². The highest BCUT2D eigenvalue weighted by molar-refractivity contribution is 5.73. The molecule has 3 N–H and O–H groups in total. The van der Waals surface area contributed by atoms with E-state index in [1.165, 1.54) is 7.05 Å². The summed E-state index contributed by atoms with van der Waals surface area (Å²) in [4.78, 5) is 10.5. The van der Waals surface area contributed by atoms with Gasteiger partial charge in [0.05, 0.1) is 7.05 Å². The van der Waals surface area contributed by atoms with Crippen LogP contribution in [0.5, 0.6) is 0 Å². The largest absolute Gasteiger partial charge is 0.477 e. The van der Waals surface area contributed by atoms with Gasteiger partial charge in [-0.2, -0.15) is 4.65 Å². The summed E-state index contributed by atoms with van der Waals surface area (Å²) in [6.45, 7) is 0.290. The molecule has 0 aliphatic carbocycles. The van der Waals surface area contributed by atoms with E-state index in [-0.39, 0.29) is 6.54 Å². The van der Waals surface area contributed by atoms with Crippen molar-refractivity contribution in [2.45, 2.75) is 18.6 Å². The molecule has 1 heterocycles. The number of aliphatic carboxylic acids is 1. The van der Waals surface area contributed by atoms with E-state index in [1.54, 1.807) is 0 Å². The summed E-state index contributed by atoms with van der Waals surface area (Å²) in [5.74, 6) is -1.15. The maximum absolute atomic E-state index is 10.5. The average molecular weight is 162 g/mol. The maximum Gasteiger partial charge on any atom is 0.368 e. The molecule has 0 aromatic rings. The molecule has 11 heavy (non-hydrogen) atoms. The molecule has 1 aliphatic rings. The molecule has 0 aromatic heterocycles. The number of aliphatic hydroxyl groups is 1. The number of nitrogens with zero attached hydrogens (tertiary/aromatic N) is 1. The van der Waals surface area contributed by atoms with Crippen LogP contribution in [-0.2, 0) is 4.79 Å². The van der Waals surface area contributed by atoms with Crippen LogP contribution in [0.1, 0.15) is 6.42 Å². The topological polar surface area (TPSA) is 77.8 Å². The number of likely N-dealkylation sites (N-methyl/N-ethyl adjacent to an activating group) is 1. The lowest BCUT2D eigenvalue weighted by atomic mass is 10.2. The number of hydrogen-bond acceptors (Lipinski definition) is 3. The first-order chi connectivity index (χ1) is 4.95. The zero-order chi connectivity index (χ0) is 8.65. The van der Waals surface area contributed by atoms with Gasteiger partial charge in [-0.05, 0) is 0 Å². The first-order valence-corrected chi connectivity index (χ1v) is 3.44. The predicted molar refractivity (Wildman–Crippen MR) is 34.9 cm³/mol. The molecule has 0 saturated carbocycles. The molecule has 1 unspecified atom stereocenters. The SMILES string of the molecule is C[N+]1(O)CC[C@H](O)[C@@H]1C(=O)O. The molecule has 5 nitrogen and oxygen atoms in total. The third-order valence-corrected chi connectivity index (χ3v) is 2.09. The number of carboxylic acid groups (broad SMARTS) is 1. The summed E-state index contributed by atoms with van der Waals surface area (Å²) in [5.41, 5.74) is 0. The first kappa shape index (κ1) is 8.45. The molecule has 1 aliphatic heterocycles. The van der Waals surface area contributed by atoms with Crippen LogP contribution in [0.2, 0.25) is 0 Å². The molecule has 1 fully saturated rings. The van der Waals surface area contributed by atoms with E-state index in [1.807, 2.05) is 0 Å². The van der Waals surface area contributed by atoms with Crippen LogP contribution in [0.25, 0.3) is 0 Å². The van der Waals surface area contributed by atoms with Crippen LogP contribution in [0.15, 0.2) is 0 Å². The predicted octanol–water partition coefficient (Wildman–Crippen LogP) is -0.960. The molecule has 0 spiro atoms. The zero-order valence-corrected chi connectivity index (χ0v) is 6.27. The Bertz CT molecular complexity index is 179. The van der Waals surface area contributed by atoms with Crippen molar-refractivity contribution in [3.8, 4) is 0 Å². The van der Waals surface area contributed by atoms with Crippen molar-refractivity contribution >= 4 is 5.97 Å². The van der Waals surface area contributed by atoms with Crippen molar-refractivity contribution in [3.63, 3.8) is 0 Å². The smallest absolute Gasteiger partial charge is 0.368 e. The number of carbonyl (C=O) groups is 1. The molecule has 1 saturated heterocycles. The number of quaternary nitrogens is 1. The highest BCUT2D eigenvalue weighted by Gasteiger charge is 2.49. The van der Waals surface area contributed by atoms with Gasteiger partial charge in [-0.1, -0.05) is 0 Å². The van der Waals surface area contributed by atoms with Gasteiger partial charge in [0.1, 0.15) is 12.6 Å². The third kappa shape index (κ3) is 1.35. The van der Waals surface area contributed by atoms with Crippen LogP contribution in [-0.4, -0.2) is 51.8 Å². The minimum atomic E-state index is -1.15. The zero-order valence-electron chi connectivity index (χ0n) is 6.27. The van der Waals surface area contributed by atoms with Gasteiger partial charge in [-0.25, -0.2) is 10.0 Å². The second-order valence-corrected chi connectivity index (χ2v) is 3.08. The van der Waals surface area contributed by atoms with E-state index in [9.17, 15) is 10.0 Å². The molecule has 1 rings (SSSR count). The summed E-state index contributed by atoms with van der Waals surface area (Å²) in [5, 5.41) is 27.1. The lowest BCUT2D eigenvalue weighted by molar-refractivity contribution is -1.09. The second kappa shape index (κ2) is 2.44. The fourth-order valence-corrected chi connectivity index (χ4v) is 1.46. The fourth-order valence-electron chi connectivity index (χ4n) is 1.46. The second-order valence-electron chi connectivity index (χ2n) is 3.08. The Morgan fingerprint density at radius 3 is 2.36 bits per heavy atom. The van der Waals surface area contributed by atoms with Gasteiger partial charge in [-0.3, -0.25) is 0 Å². The van der Waals surface area contributed by atoms with E-state index in [2.05, 4.69) is 0 Å². The van der Waals surface area contributed by atoms with E-state index in [0.29, 0.717) is 6.42 Å². The maximum atomic E-state index is 10.5. The summed E-state index contributed by atoms with van der Waals surface area (Å²) in [7, 11) is 1.38. The van der Waals surface area contributed by atoms with Gasteiger partial charge in [0.15, 0.2) is 0 Å². The molecule has 0 radical (unpaired) electrons. The van der Waals surface area contributed by atoms with Crippen LogP contribution in [0, 0.1) is 0 Å². The molecule has 0 amide bonds. The Hall–Kier alpha value is -0.650. The van der Waals surface area contributed by atoms with Gasteiger partial charge in [-0.15, -0.1) is 0 Å². The molecule has 0 aromatic carbocycles. The van der Waals surface area contributed by atoms with Crippen LogP contribution in [0.4, 0.5) is 0 Å². The van der Waals surface area contributed by atoms with Gasteiger partial charge in [0.25, 0.3) is 0 Å². The number of rotatable bonds is 1. The van der Waals surface area contributed by atoms with Crippen molar-refractivity contribution in [1.29, 1.82) is 0 Å². The van der Waals surface area contributed by atoms with Crippen molar-refractivity contribution in [2.75, 3.05) is 13.6 Å². The summed E-state index contributed by atoms with van der Waals surface area (Å²) < 4.78 is -0.615. The average Bonchev–Trinajstić information content (AvgIpc) is 2.06. The molecule has 5 heteroatoms. The molecule has 64 valence electrons. The number of carboxylic acids is 1. The Labute approximate surface area is 64.0 Å². The standard InChI is InChI=1S/C6H11NO4/c1-7(11)3-2-4(8)5(7)6(9)10/h4-5,8,11H,2-3H2,1H3/p+1/t4-,5+,7?/m0/s1. The monoisotopic (exact) mass is 162 g/mol. The van der Waals surface area contributed by atoms with Crippen LogP contribution in [0.3, 0.4) is 0 Å². The lowest BCUT2D eigenvalue weighted by Crippen LogP contribution is -2.52. The number of hydroxylamine groups is 3. The molecule has 0 bridgehead atoms. The fraction of sp³-hybridized carbons (Fsp3) is 0.833. The van der Waals surface area contributed by atoms with E-state index in [4.69, 9.17) is 10.2 Å². The van der Waals surface area contributed by atoms with Gasteiger partial charge < -0.3 is 10.2 Å². The normalized spacial score (nSPS) is 44.3. The Morgan fingerprint density at radius 2 is 2.18 bits per heavy atom. The quantitative estimate of drug-likeness (QED) is 0.434. The Balaban J connectivity index is 2.80. The molecular formula is C6H12NO4+. The number of hydrogen-bond donors (Lipinski definition) is 3. The summed E-state index contributed by atoms with van der Waals surface area (Å²) in [6, 6.07) is -1.09. The Kier molecular flexibility index (Phi) is 1.87. The highest BCUT2D eigenvalue weighted by atomic mass is 16.6. The van der Waals surface area contributed by atoms with Gasteiger partial charge >= 0.3 is 5.97 Å². The third-order valence-electron chi connectivity index (χ3n) is 2.09. The summed E-state index contributed by atoms with van der Waals surface area (Å²) in [6.07, 6.45) is -0.591. The van der Waals surface area contributed by atoms with Crippen molar-refractivity contribution in [3.05, 3.63) is 0 Å². The highest BCUT2D eigenvalue weighted by Crippen LogP contribution is 2.22. The van der Waals surface area contributed by atoms with Crippen LogP contribution >= 0.6 is 0 Å². The van der Waals surface area contributed by atoms with Gasteiger partial charge in [0, 0.05) is 6.42 Å².